The number of fused-ring (bicyclic) bond motifs is 20. The van der Waals surface area contributed by atoms with Crippen LogP contribution in [0.2, 0.25) is 0 Å². The van der Waals surface area contributed by atoms with Crippen molar-refractivity contribution in [1.29, 1.82) is 0 Å². The molecule has 5 heterocycles. The summed E-state index contributed by atoms with van der Waals surface area (Å²) in [6, 6.07) is 60.7. The highest BCUT2D eigenvalue weighted by molar-refractivity contribution is 6.26. The zero-order valence-corrected chi connectivity index (χ0v) is 61.2. The second kappa shape index (κ2) is 28.1. The Morgan fingerprint density at radius 3 is 0.625 bits per heavy atom. The SMILES string of the molecule is Cc1ccccc1Nc1c(Nc2ccccc2C)c(Nc2ccccc2C)c2c(c1Nc1ccccc1C)-c1nc-2nc2[nH]c(nc3nc(nc4[nH]c(n1)c1c(F)c(F)c(F)c(F)c41)-c1c(F)c(F)c(F)c(F)c1-3)c1c(Nc3ccccc3C)c(Nc3ccccc3C)c(Nc3ccccc3C)c(Nc3ccccc3C)c21. The predicted molar refractivity (Wildman–Crippen MR) is 431 cm³/mol. The van der Waals surface area contributed by atoms with Gasteiger partial charge in [-0.05, 0) is 148 Å². The molecule has 0 radical (unpaired) electrons. The quantitative estimate of drug-likeness (QED) is 0.0248. The van der Waals surface area contributed by atoms with Gasteiger partial charge in [0.25, 0.3) is 0 Å². The highest BCUT2D eigenvalue weighted by Crippen LogP contribution is 2.58. The summed E-state index contributed by atoms with van der Waals surface area (Å²) < 4.78 is 135. The van der Waals surface area contributed by atoms with Gasteiger partial charge in [0.1, 0.15) is 22.6 Å². The van der Waals surface area contributed by atoms with Crippen LogP contribution in [0, 0.1) is 102 Å². The lowest BCUT2D eigenvalue weighted by Gasteiger charge is -2.27. The van der Waals surface area contributed by atoms with Crippen LogP contribution in [-0.4, -0.2) is 39.9 Å². The van der Waals surface area contributed by atoms with Crippen molar-refractivity contribution in [3.8, 4) is 45.6 Å². The smallest absolute Gasteiger partial charge is 0.198 e. The van der Waals surface area contributed by atoms with E-state index >= 15 is 35.1 Å². The summed E-state index contributed by atoms with van der Waals surface area (Å²) in [5.74, 6) is -19.4. The molecule has 0 atom stereocenters. The van der Waals surface area contributed by atoms with E-state index < -0.39 is 91.4 Å². The Kier molecular flexibility index (Phi) is 17.8. The molecule has 2 aliphatic heterocycles. The number of para-hydroxylation sites is 8. The molecule has 10 N–H and O–H groups in total. The van der Waals surface area contributed by atoms with Crippen molar-refractivity contribution in [2.45, 2.75) is 55.4 Å². The molecular formula is C88H66F8N16. The van der Waals surface area contributed by atoms with Crippen LogP contribution in [-0.2, 0) is 0 Å². The number of H-pyrrole nitrogens is 2. The second-order valence-electron chi connectivity index (χ2n) is 27.6. The first-order valence-electron chi connectivity index (χ1n) is 35.8. The molecule has 0 amide bonds. The minimum absolute atomic E-state index is 0.0697. The molecule has 3 aromatic heterocycles. The molecule has 24 heteroatoms. The predicted octanol–water partition coefficient (Wildman–Crippen LogP) is 24.4. The van der Waals surface area contributed by atoms with E-state index in [9.17, 15) is 0 Å². The number of aromatic amines is 2. The monoisotopic (exact) mass is 1500 g/mol. The van der Waals surface area contributed by atoms with Gasteiger partial charge in [0.05, 0.1) is 89.3 Å². The van der Waals surface area contributed by atoms with Crippen LogP contribution in [0.15, 0.2) is 194 Å². The molecule has 16 nitrogen and oxygen atoms in total. The van der Waals surface area contributed by atoms with Gasteiger partial charge in [0.2, 0.25) is 0 Å². The number of nitrogens with zero attached hydrogens (tertiary/aromatic N) is 6. The third-order valence-corrected chi connectivity index (χ3v) is 20.4. The standard InChI is InChI=1S/C88H66F8N16/c1-41-25-9-17-33-49(41)97-73-61-63(75(99-51-35-19-11-27-43(51)3)79(103-55-39-23-15-31-47(55)7)77(73)101-53-37-21-13-29-45(53)5)87-110-85(61)108-83-59-57(65(89)69(93)71(95)67(59)91)81(106-83)105-82-58-60(68(92)72(96)70(94)66(58)90)84(107-82)109-86-62-64(88(111-86)112-87)76(100-52-36-20-12-28-44(52)4)80(104-56-40-24-16-32-48(56)8)78(102-54-38-22-14-30-46(54)6)74(62)98-50-34-18-10-26-42(50)2/h9-40,97-104H,1-8H3,(H2,105,106,107,108,109,110,111,112). The van der Waals surface area contributed by atoms with E-state index in [0.717, 1.165) is 44.5 Å². The van der Waals surface area contributed by atoms with Crippen LogP contribution in [0.25, 0.3) is 89.7 Å². The molecule has 0 saturated carbocycles. The number of hydrogen-bond donors (Lipinski definition) is 10. The molecule has 0 spiro atoms. The summed E-state index contributed by atoms with van der Waals surface area (Å²) in [5, 5.41) is 28.7. The third kappa shape index (κ3) is 12.2. The molecule has 12 aromatic carbocycles. The van der Waals surface area contributed by atoms with E-state index in [0.29, 0.717) is 79.6 Å². The fraction of sp³-hybridized carbons (Fsp3) is 0.0909. The van der Waals surface area contributed by atoms with Gasteiger partial charge in [-0.1, -0.05) is 146 Å². The van der Waals surface area contributed by atoms with E-state index in [4.69, 9.17) is 19.9 Å². The Labute approximate surface area is 635 Å². The highest BCUT2D eigenvalue weighted by atomic mass is 19.2. The van der Waals surface area contributed by atoms with Crippen molar-refractivity contribution < 1.29 is 35.1 Å². The van der Waals surface area contributed by atoms with Crippen molar-refractivity contribution in [2.24, 2.45) is 0 Å². The summed E-state index contributed by atoms with van der Waals surface area (Å²) in [6.45, 7) is 15.5. The molecular weight excluding hydrogens is 1430 g/mol. The molecule has 112 heavy (non-hydrogen) atoms. The average molecular weight is 1500 g/mol. The number of halogens is 8. The molecule has 0 fully saturated rings. The number of aromatic nitrogens is 8. The minimum Gasteiger partial charge on any atom is -0.353 e. The van der Waals surface area contributed by atoms with Crippen LogP contribution < -0.4 is 42.5 Å². The first-order valence-corrected chi connectivity index (χ1v) is 35.8. The Balaban J connectivity index is 1.17. The van der Waals surface area contributed by atoms with Gasteiger partial charge >= 0.3 is 0 Å². The maximum Gasteiger partial charge on any atom is 0.198 e. The van der Waals surface area contributed by atoms with Crippen molar-refractivity contribution in [1.82, 2.24) is 39.9 Å². The Hall–Kier alpha value is -14.2. The van der Waals surface area contributed by atoms with Gasteiger partial charge in [-0.2, -0.15) is 0 Å². The van der Waals surface area contributed by atoms with Crippen molar-refractivity contribution in [2.75, 3.05) is 42.5 Å². The fourth-order valence-electron chi connectivity index (χ4n) is 14.3. The van der Waals surface area contributed by atoms with Gasteiger partial charge in [0, 0.05) is 45.5 Å². The summed E-state index contributed by atoms with van der Waals surface area (Å²) in [4.78, 5) is 36.7. The lowest BCUT2D eigenvalue weighted by molar-refractivity contribution is 0.412. The Morgan fingerprint density at radius 2 is 0.384 bits per heavy atom. The van der Waals surface area contributed by atoms with E-state index in [1.807, 2.05) is 250 Å². The van der Waals surface area contributed by atoms with E-state index in [1.54, 1.807) is 0 Å². The zero-order valence-electron chi connectivity index (χ0n) is 61.2. The van der Waals surface area contributed by atoms with Crippen LogP contribution >= 0.6 is 0 Å². The molecule has 17 rings (SSSR count). The number of rotatable bonds is 16. The van der Waals surface area contributed by atoms with Gasteiger partial charge in [-0.15, -0.1) is 0 Å². The number of benzene rings is 12. The van der Waals surface area contributed by atoms with E-state index in [2.05, 4.69) is 62.5 Å². The Morgan fingerprint density at radius 1 is 0.196 bits per heavy atom. The van der Waals surface area contributed by atoms with Crippen LogP contribution in [0.3, 0.4) is 0 Å². The maximum absolute atomic E-state index is 17.5. The molecule has 2 aliphatic rings. The van der Waals surface area contributed by atoms with Gasteiger partial charge in [-0.25, -0.2) is 65.0 Å². The molecule has 8 bridgehead atoms. The van der Waals surface area contributed by atoms with Crippen molar-refractivity contribution in [3.05, 3.63) is 285 Å². The van der Waals surface area contributed by atoms with Gasteiger partial charge in [-0.3, -0.25) is 0 Å². The molecule has 0 unspecified atom stereocenters. The summed E-state index contributed by atoms with van der Waals surface area (Å²) in [6.07, 6.45) is 0. The lowest BCUT2D eigenvalue weighted by atomic mass is 9.97. The zero-order chi connectivity index (χ0) is 77.7. The van der Waals surface area contributed by atoms with Gasteiger partial charge in [0.15, 0.2) is 69.8 Å². The second-order valence-corrected chi connectivity index (χ2v) is 27.6. The number of anilines is 16. The molecule has 0 saturated heterocycles. The summed E-state index contributed by atoms with van der Waals surface area (Å²) >= 11 is 0. The van der Waals surface area contributed by atoms with Crippen LogP contribution in [0.1, 0.15) is 44.5 Å². The molecule has 0 aliphatic carbocycles. The summed E-state index contributed by atoms with van der Waals surface area (Å²) in [7, 11) is 0. The fourth-order valence-corrected chi connectivity index (χ4v) is 14.3. The Bertz CT molecular complexity index is 6660. The largest absolute Gasteiger partial charge is 0.353 e. The molecule has 554 valence electrons. The van der Waals surface area contributed by atoms with Crippen LogP contribution in [0.5, 0.6) is 0 Å². The maximum atomic E-state index is 17.5. The van der Waals surface area contributed by atoms with Crippen LogP contribution in [0.4, 0.5) is 126 Å². The number of nitrogens with one attached hydrogen (secondary N) is 10. The first-order chi connectivity index (χ1) is 54.2. The van der Waals surface area contributed by atoms with E-state index in [-0.39, 0.29) is 56.2 Å². The topological polar surface area (TPSA) is 205 Å². The highest BCUT2D eigenvalue weighted by Gasteiger charge is 2.38. The normalized spacial score (nSPS) is 11.6. The lowest BCUT2D eigenvalue weighted by Crippen LogP contribution is -2.10. The first kappa shape index (κ1) is 70.8. The summed E-state index contributed by atoms with van der Waals surface area (Å²) in [5.41, 5.74) is 10.0. The van der Waals surface area contributed by atoms with Gasteiger partial charge < -0.3 is 52.5 Å². The van der Waals surface area contributed by atoms with E-state index in [1.165, 1.54) is 0 Å². The number of aryl methyl sites for hydroxylation is 8. The molecule has 15 aromatic rings. The average Bonchev–Trinajstić information content (AvgIpc) is 1.54. The van der Waals surface area contributed by atoms with Crippen molar-refractivity contribution in [3.63, 3.8) is 0 Å². The third-order valence-electron chi connectivity index (χ3n) is 20.4. The minimum atomic E-state index is -2.29. The number of hydrogen-bond acceptors (Lipinski definition) is 14. The van der Waals surface area contributed by atoms with Crippen molar-refractivity contribution >= 4 is 135 Å².